The molecule has 0 bridgehead atoms. The number of halogens is 1. The maximum Gasteiger partial charge on any atom is 0.131 e. The molecule has 2 rings (SSSR count). The number of hydrogen-bond acceptors (Lipinski definition) is 3. The van der Waals surface area contributed by atoms with Crippen LogP contribution in [0.5, 0.6) is 0 Å². The number of hydrogen-bond donors (Lipinski definition) is 0. The van der Waals surface area contributed by atoms with Crippen LogP contribution in [0.3, 0.4) is 0 Å². The molecule has 0 aliphatic carbocycles. The zero-order valence-electron chi connectivity index (χ0n) is 10.6. The Morgan fingerprint density at radius 1 is 1.41 bits per heavy atom. The molecule has 1 unspecified atom stereocenters. The molecule has 1 aliphatic rings. The highest BCUT2D eigenvalue weighted by Crippen LogP contribution is 2.22. The Labute approximate surface area is 108 Å². The van der Waals surface area contributed by atoms with Gasteiger partial charge in [0.15, 0.2) is 0 Å². The molecule has 0 spiro atoms. The predicted molar refractivity (Wildman–Crippen MR) is 72.8 cm³/mol. The summed E-state index contributed by atoms with van der Waals surface area (Å²) >= 11 is 5.93. The van der Waals surface area contributed by atoms with Gasteiger partial charge >= 0.3 is 0 Å². The lowest BCUT2D eigenvalue weighted by atomic mass is 10.2. The number of rotatable bonds is 4. The molecule has 0 radical (unpaired) electrons. The standard InChI is InChI=1S/C13H20ClN3/c1-3-16(4-2)11-8-9-17(10-11)13-7-5-6-12(14)15-13/h5-7,11H,3-4,8-10H2,1-2H3. The van der Waals surface area contributed by atoms with Gasteiger partial charge in [-0.25, -0.2) is 4.98 Å². The highest BCUT2D eigenvalue weighted by molar-refractivity contribution is 6.29. The molecule has 1 saturated heterocycles. The minimum absolute atomic E-state index is 0.578. The van der Waals surface area contributed by atoms with E-state index in [1.54, 1.807) is 0 Å². The summed E-state index contributed by atoms with van der Waals surface area (Å²) in [4.78, 5) is 9.22. The fourth-order valence-corrected chi connectivity index (χ4v) is 2.72. The van der Waals surface area contributed by atoms with Gasteiger partial charge in [0, 0.05) is 19.1 Å². The zero-order valence-corrected chi connectivity index (χ0v) is 11.3. The van der Waals surface area contributed by atoms with Crippen LogP contribution in [0.4, 0.5) is 5.82 Å². The minimum atomic E-state index is 0.578. The molecule has 1 aliphatic heterocycles. The average Bonchev–Trinajstić information content (AvgIpc) is 2.80. The van der Waals surface area contributed by atoms with Crippen molar-refractivity contribution in [2.24, 2.45) is 0 Å². The summed E-state index contributed by atoms with van der Waals surface area (Å²) < 4.78 is 0. The van der Waals surface area contributed by atoms with E-state index in [2.05, 4.69) is 28.6 Å². The van der Waals surface area contributed by atoms with Crippen molar-refractivity contribution in [2.75, 3.05) is 31.1 Å². The monoisotopic (exact) mass is 253 g/mol. The molecule has 0 aromatic carbocycles. The van der Waals surface area contributed by atoms with Crippen molar-refractivity contribution in [1.29, 1.82) is 0 Å². The first kappa shape index (κ1) is 12.7. The van der Waals surface area contributed by atoms with Gasteiger partial charge in [0.05, 0.1) is 0 Å². The van der Waals surface area contributed by atoms with Gasteiger partial charge in [-0.3, -0.25) is 4.90 Å². The molecular weight excluding hydrogens is 234 g/mol. The van der Waals surface area contributed by atoms with E-state index in [1.807, 2.05) is 18.2 Å². The molecule has 4 heteroatoms. The summed E-state index contributed by atoms with van der Waals surface area (Å²) in [5.74, 6) is 1.01. The van der Waals surface area contributed by atoms with E-state index in [-0.39, 0.29) is 0 Å². The van der Waals surface area contributed by atoms with Crippen molar-refractivity contribution in [3.8, 4) is 0 Å². The summed E-state index contributed by atoms with van der Waals surface area (Å²) in [5.41, 5.74) is 0. The average molecular weight is 254 g/mol. The first-order valence-corrected chi connectivity index (χ1v) is 6.74. The predicted octanol–water partition coefficient (Wildman–Crippen LogP) is 2.66. The molecule has 0 N–H and O–H groups in total. The molecule has 17 heavy (non-hydrogen) atoms. The van der Waals surface area contributed by atoms with Crippen LogP contribution in [-0.2, 0) is 0 Å². The molecule has 1 aromatic rings. The summed E-state index contributed by atoms with van der Waals surface area (Å²) in [6.45, 7) is 8.84. The van der Waals surface area contributed by atoms with Crippen molar-refractivity contribution in [1.82, 2.24) is 9.88 Å². The number of pyridine rings is 1. The molecule has 1 fully saturated rings. The maximum absolute atomic E-state index is 5.93. The SMILES string of the molecule is CCN(CC)C1CCN(c2cccc(Cl)n2)C1. The molecule has 94 valence electrons. The number of nitrogens with zero attached hydrogens (tertiary/aromatic N) is 3. The van der Waals surface area contributed by atoms with Crippen LogP contribution in [-0.4, -0.2) is 42.1 Å². The second-order valence-corrected chi connectivity index (χ2v) is 4.82. The number of aromatic nitrogens is 1. The van der Waals surface area contributed by atoms with Gasteiger partial charge in [0.1, 0.15) is 11.0 Å². The van der Waals surface area contributed by atoms with E-state index in [1.165, 1.54) is 6.42 Å². The first-order valence-electron chi connectivity index (χ1n) is 6.36. The topological polar surface area (TPSA) is 19.4 Å². The van der Waals surface area contributed by atoms with Crippen molar-refractivity contribution in [2.45, 2.75) is 26.3 Å². The summed E-state index contributed by atoms with van der Waals surface area (Å²) in [6, 6.07) is 6.49. The highest BCUT2D eigenvalue weighted by Gasteiger charge is 2.26. The summed E-state index contributed by atoms with van der Waals surface area (Å²) in [7, 11) is 0. The van der Waals surface area contributed by atoms with E-state index in [0.29, 0.717) is 11.2 Å². The van der Waals surface area contributed by atoms with Gasteiger partial charge in [0.25, 0.3) is 0 Å². The molecule has 2 heterocycles. The molecule has 1 atom stereocenters. The van der Waals surface area contributed by atoms with Crippen LogP contribution < -0.4 is 4.90 Å². The van der Waals surface area contributed by atoms with Crippen molar-refractivity contribution in [3.05, 3.63) is 23.4 Å². The summed E-state index contributed by atoms with van der Waals surface area (Å²) in [5, 5.41) is 0.578. The van der Waals surface area contributed by atoms with Crippen LogP contribution in [0.15, 0.2) is 18.2 Å². The van der Waals surface area contributed by atoms with E-state index in [4.69, 9.17) is 11.6 Å². The maximum atomic E-state index is 5.93. The van der Waals surface area contributed by atoms with E-state index >= 15 is 0 Å². The largest absolute Gasteiger partial charge is 0.355 e. The third-order valence-electron chi connectivity index (χ3n) is 3.52. The number of likely N-dealkylation sites (N-methyl/N-ethyl adjacent to an activating group) is 1. The fraction of sp³-hybridized carbons (Fsp3) is 0.615. The van der Waals surface area contributed by atoms with Gasteiger partial charge in [-0.15, -0.1) is 0 Å². The molecule has 3 nitrogen and oxygen atoms in total. The smallest absolute Gasteiger partial charge is 0.131 e. The number of anilines is 1. The lowest BCUT2D eigenvalue weighted by Gasteiger charge is -2.26. The molecule has 0 saturated carbocycles. The third-order valence-corrected chi connectivity index (χ3v) is 3.73. The van der Waals surface area contributed by atoms with Crippen LogP contribution in [0.2, 0.25) is 5.15 Å². The lowest BCUT2D eigenvalue weighted by Crippen LogP contribution is -2.37. The van der Waals surface area contributed by atoms with E-state index in [0.717, 1.165) is 32.0 Å². The summed E-state index contributed by atoms with van der Waals surface area (Å²) in [6.07, 6.45) is 1.22. The van der Waals surface area contributed by atoms with Crippen LogP contribution in [0, 0.1) is 0 Å². The Hall–Kier alpha value is -0.800. The van der Waals surface area contributed by atoms with E-state index in [9.17, 15) is 0 Å². The Balaban J connectivity index is 2.02. The van der Waals surface area contributed by atoms with Crippen LogP contribution in [0.25, 0.3) is 0 Å². The minimum Gasteiger partial charge on any atom is -0.355 e. The van der Waals surface area contributed by atoms with Gasteiger partial charge in [0.2, 0.25) is 0 Å². The second-order valence-electron chi connectivity index (χ2n) is 4.43. The second kappa shape index (κ2) is 5.69. The van der Waals surface area contributed by atoms with Crippen molar-refractivity contribution >= 4 is 17.4 Å². The molecular formula is C13H20ClN3. The fourth-order valence-electron chi connectivity index (χ4n) is 2.56. The lowest BCUT2D eigenvalue weighted by molar-refractivity contribution is 0.232. The van der Waals surface area contributed by atoms with Crippen LogP contribution in [0.1, 0.15) is 20.3 Å². The third kappa shape index (κ3) is 2.90. The molecule has 1 aromatic heterocycles. The van der Waals surface area contributed by atoms with Gasteiger partial charge in [-0.1, -0.05) is 31.5 Å². The molecule has 0 amide bonds. The Morgan fingerprint density at radius 2 is 2.18 bits per heavy atom. The van der Waals surface area contributed by atoms with Gasteiger partial charge in [-0.2, -0.15) is 0 Å². The zero-order chi connectivity index (χ0) is 12.3. The highest BCUT2D eigenvalue weighted by atomic mass is 35.5. The Bertz CT molecular complexity index is 365. The quantitative estimate of drug-likeness (QED) is 0.769. The van der Waals surface area contributed by atoms with Gasteiger partial charge in [-0.05, 0) is 31.6 Å². The normalized spacial score (nSPS) is 20.2. The van der Waals surface area contributed by atoms with Crippen molar-refractivity contribution in [3.63, 3.8) is 0 Å². The first-order chi connectivity index (χ1) is 8.24. The van der Waals surface area contributed by atoms with Crippen molar-refractivity contribution < 1.29 is 0 Å². The Kier molecular flexibility index (Phi) is 4.24. The van der Waals surface area contributed by atoms with E-state index < -0.39 is 0 Å². The van der Waals surface area contributed by atoms with Crippen LogP contribution >= 0.6 is 11.6 Å². The Morgan fingerprint density at radius 3 is 2.82 bits per heavy atom. The van der Waals surface area contributed by atoms with Gasteiger partial charge < -0.3 is 4.90 Å².